The van der Waals surface area contributed by atoms with Crippen molar-refractivity contribution in [2.24, 2.45) is 0 Å². The molecule has 0 amide bonds. The van der Waals surface area contributed by atoms with E-state index in [-0.39, 0.29) is 0 Å². The van der Waals surface area contributed by atoms with Crippen LogP contribution in [0.25, 0.3) is 88.0 Å². The number of hydrogen-bond donors (Lipinski definition) is 0. The fraction of sp³-hybridized carbons (Fsp3) is 0. The Labute approximate surface area is 337 Å². The summed E-state index contributed by atoms with van der Waals surface area (Å²) < 4.78 is 6.65. The van der Waals surface area contributed by atoms with Crippen molar-refractivity contribution < 1.29 is 4.42 Å². The molecule has 58 heavy (non-hydrogen) atoms. The number of rotatable bonds is 7. The zero-order valence-electron chi connectivity index (χ0n) is 31.7. The summed E-state index contributed by atoms with van der Waals surface area (Å²) in [5.74, 6) is 0. The molecule has 0 aliphatic carbocycles. The second-order valence-electron chi connectivity index (χ2n) is 14.9. The van der Waals surface area contributed by atoms with Gasteiger partial charge in [-0.15, -0.1) is 0 Å². The molecule has 0 saturated carbocycles. The third-order valence-electron chi connectivity index (χ3n) is 11.4. The average Bonchev–Trinajstić information content (AvgIpc) is 3.70. The maximum Gasteiger partial charge on any atom is 0.137 e. The fourth-order valence-electron chi connectivity index (χ4n) is 8.75. The molecule has 0 saturated heterocycles. The second kappa shape index (κ2) is 14.1. The molecule has 1 heterocycles. The van der Waals surface area contributed by atoms with Gasteiger partial charge < -0.3 is 9.32 Å². The van der Waals surface area contributed by atoms with Gasteiger partial charge in [0.2, 0.25) is 0 Å². The van der Waals surface area contributed by atoms with Crippen molar-refractivity contribution in [2.75, 3.05) is 4.90 Å². The van der Waals surface area contributed by atoms with E-state index in [1.165, 1.54) is 54.9 Å². The molecular formula is C56H37NO. The van der Waals surface area contributed by atoms with Crippen LogP contribution in [0.5, 0.6) is 0 Å². The molecule has 2 nitrogen and oxygen atoms in total. The summed E-state index contributed by atoms with van der Waals surface area (Å²) in [7, 11) is 0. The van der Waals surface area contributed by atoms with E-state index < -0.39 is 0 Å². The molecule has 11 rings (SSSR count). The minimum atomic E-state index is 0.858. The van der Waals surface area contributed by atoms with Gasteiger partial charge in [-0.25, -0.2) is 0 Å². The van der Waals surface area contributed by atoms with Crippen LogP contribution in [-0.4, -0.2) is 0 Å². The van der Waals surface area contributed by atoms with E-state index in [0.29, 0.717) is 0 Å². The first-order valence-electron chi connectivity index (χ1n) is 19.8. The van der Waals surface area contributed by atoms with Crippen molar-refractivity contribution in [1.82, 2.24) is 0 Å². The third-order valence-corrected chi connectivity index (χ3v) is 11.4. The van der Waals surface area contributed by atoms with E-state index in [4.69, 9.17) is 4.42 Å². The molecule has 11 aromatic rings. The van der Waals surface area contributed by atoms with Crippen molar-refractivity contribution in [1.29, 1.82) is 0 Å². The van der Waals surface area contributed by atoms with Crippen molar-refractivity contribution in [3.05, 3.63) is 224 Å². The van der Waals surface area contributed by atoms with E-state index >= 15 is 0 Å². The summed E-state index contributed by atoms with van der Waals surface area (Å²) in [4.78, 5) is 2.42. The minimum absolute atomic E-state index is 0.858. The second-order valence-corrected chi connectivity index (χ2v) is 14.9. The molecule has 0 N–H and O–H groups in total. The van der Waals surface area contributed by atoms with Gasteiger partial charge in [-0.2, -0.15) is 0 Å². The van der Waals surface area contributed by atoms with E-state index in [1.54, 1.807) is 0 Å². The Bertz CT molecular complexity index is 3190. The van der Waals surface area contributed by atoms with E-state index in [0.717, 1.165) is 50.1 Å². The van der Waals surface area contributed by atoms with Crippen LogP contribution < -0.4 is 4.90 Å². The Morgan fingerprint density at radius 1 is 0.293 bits per heavy atom. The van der Waals surface area contributed by atoms with Crippen molar-refractivity contribution >= 4 is 60.5 Å². The highest BCUT2D eigenvalue weighted by atomic mass is 16.3. The SMILES string of the molecule is c1ccc(-c2cc(-c3ccccc3)cc(N(c3ccc(-c4cccc5cccc(-c6ccccc6)c45)cc3)c3cccc4oc5ccc6ccccc6c5c34)c2)cc1. The van der Waals surface area contributed by atoms with Crippen molar-refractivity contribution in [3.63, 3.8) is 0 Å². The van der Waals surface area contributed by atoms with Gasteiger partial charge >= 0.3 is 0 Å². The van der Waals surface area contributed by atoms with Gasteiger partial charge in [0.1, 0.15) is 11.2 Å². The lowest BCUT2D eigenvalue weighted by molar-refractivity contribution is 0.669. The fourth-order valence-corrected chi connectivity index (χ4v) is 8.75. The number of furan rings is 1. The largest absolute Gasteiger partial charge is 0.456 e. The Balaban J connectivity index is 1.16. The molecule has 1 aromatic heterocycles. The van der Waals surface area contributed by atoms with Crippen LogP contribution in [0, 0.1) is 0 Å². The maximum absolute atomic E-state index is 6.65. The summed E-state index contributed by atoms with van der Waals surface area (Å²) in [5.41, 5.74) is 14.4. The minimum Gasteiger partial charge on any atom is -0.456 e. The van der Waals surface area contributed by atoms with Crippen molar-refractivity contribution in [3.8, 4) is 44.5 Å². The van der Waals surface area contributed by atoms with E-state index in [9.17, 15) is 0 Å². The molecule has 0 fully saturated rings. The van der Waals surface area contributed by atoms with Gasteiger partial charge in [0.25, 0.3) is 0 Å². The summed E-state index contributed by atoms with van der Waals surface area (Å²) in [6.07, 6.45) is 0. The first-order chi connectivity index (χ1) is 28.8. The van der Waals surface area contributed by atoms with Crippen LogP contribution in [0.3, 0.4) is 0 Å². The molecule has 0 atom stereocenters. The summed E-state index contributed by atoms with van der Waals surface area (Å²) in [5, 5.41) is 7.05. The van der Waals surface area contributed by atoms with E-state index in [2.05, 4.69) is 229 Å². The maximum atomic E-state index is 6.65. The highest BCUT2D eigenvalue weighted by Crippen LogP contribution is 2.47. The predicted octanol–water partition coefficient (Wildman–Crippen LogP) is 16.0. The molecule has 0 radical (unpaired) electrons. The van der Waals surface area contributed by atoms with Crippen LogP contribution in [-0.2, 0) is 0 Å². The lowest BCUT2D eigenvalue weighted by atomic mass is 9.91. The highest BCUT2D eigenvalue weighted by molar-refractivity contribution is 6.23. The molecule has 2 heteroatoms. The Kier molecular flexibility index (Phi) is 8.19. The van der Waals surface area contributed by atoms with Gasteiger partial charge in [0.15, 0.2) is 0 Å². The normalized spacial score (nSPS) is 11.4. The number of anilines is 3. The molecule has 272 valence electrons. The standard InChI is InChI=1S/C56H37NO/c1-4-15-38(16-5-1)44-35-45(39-17-6-2-7-18-39)37-47(36-44)57(51-27-14-28-52-56(51)55-50-24-11-10-21-41(50)31-34-53(55)58-52)46-32-29-42(30-33-46)49-26-13-23-43-22-12-25-48(54(43)49)40-19-8-3-9-20-40/h1-37H. The first kappa shape index (κ1) is 33.6. The molecule has 0 bridgehead atoms. The van der Waals surface area contributed by atoms with Crippen LogP contribution in [0.4, 0.5) is 17.1 Å². The quantitative estimate of drug-likeness (QED) is 0.162. The highest BCUT2D eigenvalue weighted by Gasteiger charge is 2.22. The number of benzene rings is 10. The Hall–Kier alpha value is -7.68. The molecule has 0 unspecified atom stereocenters. The zero-order chi connectivity index (χ0) is 38.4. The zero-order valence-corrected chi connectivity index (χ0v) is 31.7. The van der Waals surface area contributed by atoms with Crippen LogP contribution in [0.2, 0.25) is 0 Å². The molecule has 10 aromatic carbocycles. The third kappa shape index (κ3) is 5.82. The average molecular weight is 740 g/mol. The monoisotopic (exact) mass is 739 g/mol. The van der Waals surface area contributed by atoms with Gasteiger partial charge in [0.05, 0.1) is 11.1 Å². The Morgan fingerprint density at radius 2 is 0.828 bits per heavy atom. The lowest BCUT2D eigenvalue weighted by Crippen LogP contribution is -2.11. The smallest absolute Gasteiger partial charge is 0.137 e. The number of nitrogens with zero attached hydrogens (tertiary/aromatic N) is 1. The van der Waals surface area contributed by atoms with E-state index in [1.807, 2.05) is 0 Å². The lowest BCUT2D eigenvalue weighted by Gasteiger charge is -2.28. The van der Waals surface area contributed by atoms with Crippen LogP contribution in [0.15, 0.2) is 229 Å². The summed E-state index contributed by atoms with van der Waals surface area (Å²) in [6.45, 7) is 0. The molecule has 0 spiro atoms. The molecule has 0 aliphatic rings. The Morgan fingerprint density at radius 3 is 1.48 bits per heavy atom. The van der Waals surface area contributed by atoms with Crippen LogP contribution >= 0.6 is 0 Å². The summed E-state index contributed by atoms with van der Waals surface area (Å²) in [6, 6.07) is 80.7. The first-order valence-corrected chi connectivity index (χ1v) is 19.8. The topological polar surface area (TPSA) is 16.4 Å². The van der Waals surface area contributed by atoms with Gasteiger partial charge in [-0.3, -0.25) is 0 Å². The molecule has 0 aliphatic heterocycles. The number of fused-ring (bicyclic) bond motifs is 6. The summed E-state index contributed by atoms with van der Waals surface area (Å²) >= 11 is 0. The van der Waals surface area contributed by atoms with Crippen molar-refractivity contribution in [2.45, 2.75) is 0 Å². The van der Waals surface area contributed by atoms with Gasteiger partial charge in [-0.05, 0) is 115 Å². The van der Waals surface area contributed by atoms with Gasteiger partial charge in [-0.1, -0.05) is 176 Å². The predicted molar refractivity (Wildman–Crippen MR) is 245 cm³/mol. The number of hydrogen-bond acceptors (Lipinski definition) is 2. The van der Waals surface area contributed by atoms with Crippen LogP contribution in [0.1, 0.15) is 0 Å². The molecular weight excluding hydrogens is 703 g/mol. The van der Waals surface area contributed by atoms with Gasteiger partial charge in [0, 0.05) is 16.8 Å².